The number of benzene rings is 2. The standard InChI is InChI=1S/C20H16N2/c1-3-10-15(4-2)20-21-18-14-9-8-13-17(18)19(22-20)16-11-6-5-7-12-16/h3-14H,1-2H2/b15-10+. The van der Waals surface area contributed by atoms with Gasteiger partial charge in [-0.25, -0.2) is 9.97 Å². The first kappa shape index (κ1) is 14.0. The lowest BCUT2D eigenvalue weighted by molar-refractivity contribution is 1.17. The normalized spacial score (nSPS) is 11.4. The van der Waals surface area contributed by atoms with Crippen molar-refractivity contribution >= 4 is 16.5 Å². The molecule has 0 fully saturated rings. The van der Waals surface area contributed by atoms with E-state index in [-0.39, 0.29) is 0 Å². The van der Waals surface area contributed by atoms with Crippen LogP contribution >= 0.6 is 0 Å². The molecule has 0 amide bonds. The van der Waals surface area contributed by atoms with Crippen LogP contribution < -0.4 is 0 Å². The summed E-state index contributed by atoms with van der Waals surface area (Å²) < 4.78 is 0. The van der Waals surface area contributed by atoms with Crippen LogP contribution in [0.4, 0.5) is 0 Å². The van der Waals surface area contributed by atoms with Crippen LogP contribution in [-0.2, 0) is 0 Å². The summed E-state index contributed by atoms with van der Waals surface area (Å²) in [6.07, 6.45) is 5.34. The summed E-state index contributed by atoms with van der Waals surface area (Å²) >= 11 is 0. The Hall–Kier alpha value is -3.00. The maximum absolute atomic E-state index is 4.76. The average molecular weight is 284 g/mol. The minimum Gasteiger partial charge on any atom is -0.228 e. The van der Waals surface area contributed by atoms with E-state index in [0.29, 0.717) is 5.82 Å². The van der Waals surface area contributed by atoms with Gasteiger partial charge in [-0.1, -0.05) is 79.9 Å². The molecule has 3 rings (SSSR count). The van der Waals surface area contributed by atoms with Crippen molar-refractivity contribution in [3.05, 3.63) is 91.8 Å². The molecule has 2 nitrogen and oxygen atoms in total. The second-order valence-corrected chi connectivity index (χ2v) is 4.84. The van der Waals surface area contributed by atoms with Crippen molar-refractivity contribution < 1.29 is 0 Å². The Kier molecular flexibility index (Phi) is 3.92. The van der Waals surface area contributed by atoms with Gasteiger partial charge in [0.05, 0.1) is 11.2 Å². The summed E-state index contributed by atoms with van der Waals surface area (Å²) in [5.74, 6) is 0.660. The van der Waals surface area contributed by atoms with Gasteiger partial charge in [-0.2, -0.15) is 0 Å². The fourth-order valence-corrected chi connectivity index (χ4v) is 2.38. The molecule has 106 valence electrons. The zero-order valence-corrected chi connectivity index (χ0v) is 12.2. The molecule has 0 saturated carbocycles. The summed E-state index contributed by atoms with van der Waals surface area (Å²) in [4.78, 5) is 9.42. The van der Waals surface area contributed by atoms with Gasteiger partial charge in [0.1, 0.15) is 0 Å². The van der Waals surface area contributed by atoms with E-state index in [4.69, 9.17) is 4.98 Å². The van der Waals surface area contributed by atoms with Crippen LogP contribution in [0.25, 0.3) is 27.7 Å². The molecular formula is C20H16N2. The fraction of sp³-hybridized carbons (Fsp3) is 0. The number of allylic oxidation sites excluding steroid dienone is 4. The molecule has 0 atom stereocenters. The third kappa shape index (κ3) is 2.59. The number of hydrogen-bond acceptors (Lipinski definition) is 2. The Labute approximate surface area is 130 Å². The van der Waals surface area contributed by atoms with E-state index in [2.05, 4.69) is 30.3 Å². The monoisotopic (exact) mass is 284 g/mol. The predicted molar refractivity (Wildman–Crippen MR) is 93.3 cm³/mol. The van der Waals surface area contributed by atoms with E-state index in [1.54, 1.807) is 12.2 Å². The lowest BCUT2D eigenvalue weighted by Crippen LogP contribution is -1.97. The van der Waals surface area contributed by atoms with Crippen LogP contribution in [0.2, 0.25) is 0 Å². The first-order valence-corrected chi connectivity index (χ1v) is 7.11. The minimum absolute atomic E-state index is 0.660. The number of hydrogen-bond donors (Lipinski definition) is 0. The van der Waals surface area contributed by atoms with Gasteiger partial charge < -0.3 is 0 Å². The van der Waals surface area contributed by atoms with Crippen molar-refractivity contribution in [2.75, 3.05) is 0 Å². The number of para-hydroxylation sites is 1. The summed E-state index contributed by atoms with van der Waals surface area (Å²) in [6.45, 7) is 7.58. The maximum atomic E-state index is 4.76. The minimum atomic E-state index is 0.660. The molecular weight excluding hydrogens is 268 g/mol. The highest BCUT2D eigenvalue weighted by Gasteiger charge is 2.10. The van der Waals surface area contributed by atoms with Crippen LogP contribution in [0.5, 0.6) is 0 Å². The van der Waals surface area contributed by atoms with Crippen molar-refractivity contribution in [3.63, 3.8) is 0 Å². The van der Waals surface area contributed by atoms with Crippen LogP contribution in [0, 0.1) is 0 Å². The SMILES string of the molecule is C=C/C=C(\C=C)c1nc(-c2ccccc2)c2ccccc2n1. The number of rotatable bonds is 4. The molecule has 22 heavy (non-hydrogen) atoms. The zero-order chi connectivity index (χ0) is 15.4. The molecule has 0 aliphatic carbocycles. The van der Waals surface area contributed by atoms with E-state index in [1.807, 2.05) is 48.5 Å². The smallest absolute Gasteiger partial charge is 0.160 e. The van der Waals surface area contributed by atoms with Gasteiger partial charge in [0.2, 0.25) is 0 Å². The molecule has 0 unspecified atom stereocenters. The second kappa shape index (κ2) is 6.19. The maximum Gasteiger partial charge on any atom is 0.160 e. The summed E-state index contributed by atoms with van der Waals surface area (Å²) in [5.41, 5.74) is 3.78. The fourth-order valence-electron chi connectivity index (χ4n) is 2.38. The lowest BCUT2D eigenvalue weighted by atomic mass is 10.1. The van der Waals surface area contributed by atoms with E-state index in [9.17, 15) is 0 Å². The van der Waals surface area contributed by atoms with Crippen molar-refractivity contribution in [2.24, 2.45) is 0 Å². The number of fused-ring (bicyclic) bond motifs is 1. The summed E-state index contributed by atoms with van der Waals surface area (Å²) in [6, 6.07) is 18.2. The molecule has 0 radical (unpaired) electrons. The molecule has 0 saturated heterocycles. The van der Waals surface area contributed by atoms with Crippen molar-refractivity contribution in [2.45, 2.75) is 0 Å². The van der Waals surface area contributed by atoms with Gasteiger partial charge in [0.15, 0.2) is 5.82 Å². The van der Waals surface area contributed by atoms with Crippen LogP contribution in [0.1, 0.15) is 5.82 Å². The van der Waals surface area contributed by atoms with E-state index in [0.717, 1.165) is 27.7 Å². The van der Waals surface area contributed by atoms with Gasteiger partial charge in [-0.05, 0) is 6.07 Å². The highest BCUT2D eigenvalue weighted by Crippen LogP contribution is 2.27. The predicted octanol–water partition coefficient (Wildman–Crippen LogP) is 5.05. The molecule has 3 aromatic rings. The van der Waals surface area contributed by atoms with Gasteiger partial charge >= 0.3 is 0 Å². The van der Waals surface area contributed by atoms with E-state index < -0.39 is 0 Å². The summed E-state index contributed by atoms with van der Waals surface area (Å²) in [7, 11) is 0. The lowest BCUT2D eigenvalue weighted by Gasteiger charge is -2.09. The Morgan fingerprint density at radius 2 is 1.59 bits per heavy atom. The quantitative estimate of drug-likeness (QED) is 0.626. The van der Waals surface area contributed by atoms with Crippen LogP contribution in [0.3, 0.4) is 0 Å². The zero-order valence-electron chi connectivity index (χ0n) is 12.2. The largest absolute Gasteiger partial charge is 0.228 e. The third-order valence-electron chi connectivity index (χ3n) is 3.43. The van der Waals surface area contributed by atoms with Gasteiger partial charge in [-0.15, -0.1) is 0 Å². The topological polar surface area (TPSA) is 25.8 Å². The van der Waals surface area contributed by atoms with Gasteiger partial charge in [-0.3, -0.25) is 0 Å². The van der Waals surface area contributed by atoms with Crippen LogP contribution in [0.15, 0.2) is 86.0 Å². The van der Waals surface area contributed by atoms with Gasteiger partial charge in [0.25, 0.3) is 0 Å². The summed E-state index contributed by atoms with van der Waals surface area (Å²) in [5, 5.41) is 1.04. The number of aromatic nitrogens is 2. The van der Waals surface area contributed by atoms with E-state index in [1.165, 1.54) is 0 Å². The van der Waals surface area contributed by atoms with Crippen molar-refractivity contribution in [1.29, 1.82) is 0 Å². The van der Waals surface area contributed by atoms with E-state index >= 15 is 0 Å². The molecule has 1 aromatic heterocycles. The number of nitrogens with zero attached hydrogens (tertiary/aromatic N) is 2. The Bertz CT molecular complexity index is 861. The highest BCUT2D eigenvalue weighted by molar-refractivity contribution is 5.93. The molecule has 2 heteroatoms. The second-order valence-electron chi connectivity index (χ2n) is 4.84. The third-order valence-corrected chi connectivity index (χ3v) is 3.43. The molecule has 0 aliphatic rings. The molecule has 1 heterocycles. The molecule has 0 N–H and O–H groups in total. The van der Waals surface area contributed by atoms with Gasteiger partial charge in [0, 0.05) is 16.5 Å². The molecule has 0 aliphatic heterocycles. The molecule has 0 bridgehead atoms. The first-order chi connectivity index (χ1) is 10.8. The first-order valence-electron chi connectivity index (χ1n) is 7.11. The van der Waals surface area contributed by atoms with Crippen molar-refractivity contribution in [3.8, 4) is 11.3 Å². The Balaban J connectivity index is 2.32. The Morgan fingerprint density at radius 1 is 0.864 bits per heavy atom. The van der Waals surface area contributed by atoms with Crippen molar-refractivity contribution in [1.82, 2.24) is 9.97 Å². The Morgan fingerprint density at radius 3 is 2.32 bits per heavy atom. The highest BCUT2D eigenvalue weighted by atomic mass is 14.9. The molecule has 0 spiro atoms. The van der Waals surface area contributed by atoms with Crippen LogP contribution in [-0.4, -0.2) is 9.97 Å². The molecule has 2 aromatic carbocycles. The average Bonchev–Trinajstić information content (AvgIpc) is 2.59.